The van der Waals surface area contributed by atoms with Gasteiger partial charge in [-0.1, -0.05) is 13.3 Å². The summed E-state index contributed by atoms with van der Waals surface area (Å²) >= 11 is 0. The van der Waals surface area contributed by atoms with E-state index in [1.807, 2.05) is 6.92 Å². The van der Waals surface area contributed by atoms with E-state index >= 15 is 0 Å². The Labute approximate surface area is 163 Å². The smallest absolute Gasteiger partial charge is 0.332 e. The Morgan fingerprint density at radius 3 is 2.61 bits per heavy atom. The zero-order valence-corrected chi connectivity index (χ0v) is 16.6. The summed E-state index contributed by atoms with van der Waals surface area (Å²) in [6.45, 7) is 2.86. The second-order valence-corrected chi connectivity index (χ2v) is 9.16. The molecule has 5 atom stereocenters. The Morgan fingerprint density at radius 2 is 1.86 bits per heavy atom. The molecule has 7 heteroatoms. The number of H-pyrrole nitrogens is 1. The lowest BCUT2D eigenvalue weighted by Gasteiger charge is -2.30. The monoisotopic (exact) mass is 386 g/mol. The van der Waals surface area contributed by atoms with Crippen molar-refractivity contribution in [3.63, 3.8) is 0 Å². The van der Waals surface area contributed by atoms with Crippen LogP contribution in [0.3, 0.4) is 0 Å². The Kier molecular flexibility index (Phi) is 4.45. The first-order valence-electron chi connectivity index (χ1n) is 11.0. The van der Waals surface area contributed by atoms with Gasteiger partial charge in [0.15, 0.2) is 5.65 Å². The fourth-order valence-corrected chi connectivity index (χ4v) is 6.45. The molecule has 4 fully saturated rings. The molecular formula is C21H30N4O3. The van der Waals surface area contributed by atoms with E-state index in [1.54, 1.807) is 4.57 Å². The molecule has 4 aliphatic carbocycles. The third kappa shape index (κ3) is 2.62. The first-order chi connectivity index (χ1) is 13.6. The summed E-state index contributed by atoms with van der Waals surface area (Å²) in [4.78, 5) is 34.3. The zero-order chi connectivity index (χ0) is 19.4. The summed E-state index contributed by atoms with van der Waals surface area (Å²) in [7, 11) is 0. The molecule has 7 nitrogen and oxygen atoms in total. The summed E-state index contributed by atoms with van der Waals surface area (Å²) in [5.41, 5.74) is 0.385. The van der Waals surface area contributed by atoms with Gasteiger partial charge in [-0.05, 0) is 62.2 Å². The van der Waals surface area contributed by atoms with E-state index in [4.69, 9.17) is 4.98 Å². The lowest BCUT2D eigenvalue weighted by atomic mass is 9.75. The van der Waals surface area contributed by atoms with Crippen LogP contribution in [0.15, 0.2) is 9.59 Å². The van der Waals surface area contributed by atoms with Crippen LogP contribution >= 0.6 is 0 Å². The molecule has 6 rings (SSSR count). The van der Waals surface area contributed by atoms with Crippen LogP contribution in [-0.2, 0) is 13.1 Å². The van der Waals surface area contributed by atoms with Crippen LogP contribution in [0, 0.1) is 23.7 Å². The Bertz CT molecular complexity index is 999. The minimum Gasteiger partial charge on any atom is -0.396 e. The average molecular weight is 386 g/mol. The molecule has 4 saturated carbocycles. The maximum Gasteiger partial charge on any atom is 0.332 e. The van der Waals surface area contributed by atoms with Crippen LogP contribution in [0.25, 0.3) is 11.2 Å². The van der Waals surface area contributed by atoms with E-state index in [2.05, 4.69) is 4.98 Å². The molecule has 4 bridgehead atoms. The minimum absolute atomic E-state index is 0.00907. The number of hydrogen-bond donors (Lipinski definition) is 2. The van der Waals surface area contributed by atoms with Crippen molar-refractivity contribution < 1.29 is 5.11 Å². The second kappa shape index (κ2) is 6.87. The predicted molar refractivity (Wildman–Crippen MR) is 106 cm³/mol. The number of aromatic nitrogens is 4. The van der Waals surface area contributed by atoms with E-state index in [1.165, 1.54) is 30.3 Å². The van der Waals surface area contributed by atoms with Gasteiger partial charge in [0.2, 0.25) is 0 Å². The van der Waals surface area contributed by atoms with Crippen LogP contribution in [0.2, 0.25) is 0 Å². The largest absolute Gasteiger partial charge is 0.396 e. The molecule has 2 aromatic heterocycles. The number of hydrogen-bond acceptors (Lipinski definition) is 4. The van der Waals surface area contributed by atoms with E-state index in [9.17, 15) is 14.7 Å². The van der Waals surface area contributed by atoms with Crippen molar-refractivity contribution in [1.29, 1.82) is 0 Å². The first-order valence-corrected chi connectivity index (χ1v) is 11.0. The number of aliphatic hydroxyl groups excluding tert-OH is 1. The van der Waals surface area contributed by atoms with Crippen molar-refractivity contribution in [2.45, 2.75) is 70.9 Å². The Balaban J connectivity index is 1.63. The Morgan fingerprint density at radius 1 is 1.07 bits per heavy atom. The molecule has 2 N–H and O–H groups in total. The van der Waals surface area contributed by atoms with Crippen molar-refractivity contribution in [2.24, 2.45) is 23.7 Å². The fraction of sp³-hybridized carbons (Fsp3) is 0.762. The standard InChI is InChI=1S/C21H30N4O3/c1-2-3-5-25-20(27)17-19(24(21(25)28)6-4-7-26)23-18(22-17)16-14-9-12-8-13(11-14)15(16)10-12/h12-16,26H,2-11H2,1H3,(H,22,23). The zero-order valence-electron chi connectivity index (χ0n) is 16.6. The highest BCUT2D eigenvalue weighted by molar-refractivity contribution is 5.70. The maximum atomic E-state index is 13.1. The number of aromatic amines is 1. The third-order valence-corrected chi connectivity index (χ3v) is 7.53. The lowest BCUT2D eigenvalue weighted by molar-refractivity contribution is 0.244. The molecule has 0 saturated heterocycles. The van der Waals surface area contributed by atoms with Gasteiger partial charge in [-0.2, -0.15) is 0 Å². The van der Waals surface area contributed by atoms with E-state index in [-0.39, 0.29) is 17.9 Å². The minimum atomic E-state index is -0.300. The molecule has 28 heavy (non-hydrogen) atoms. The number of aryl methyl sites for hydroxylation is 1. The molecular weight excluding hydrogens is 356 g/mol. The first kappa shape index (κ1) is 18.2. The van der Waals surface area contributed by atoms with Crippen LogP contribution in [0.5, 0.6) is 0 Å². The number of aliphatic hydroxyl groups is 1. The van der Waals surface area contributed by atoms with E-state index < -0.39 is 0 Å². The number of rotatable bonds is 7. The number of nitrogens with zero attached hydrogens (tertiary/aromatic N) is 3. The number of unbranched alkanes of at least 4 members (excludes halogenated alkanes) is 1. The molecule has 0 spiro atoms. The van der Waals surface area contributed by atoms with Gasteiger partial charge in [-0.15, -0.1) is 0 Å². The summed E-state index contributed by atoms with van der Waals surface area (Å²) < 4.78 is 2.94. The van der Waals surface area contributed by atoms with E-state index in [0.29, 0.717) is 48.4 Å². The van der Waals surface area contributed by atoms with Crippen molar-refractivity contribution in [3.05, 3.63) is 26.7 Å². The maximum absolute atomic E-state index is 13.1. The van der Waals surface area contributed by atoms with Gasteiger partial charge < -0.3 is 10.1 Å². The van der Waals surface area contributed by atoms with Crippen molar-refractivity contribution in [1.82, 2.24) is 19.1 Å². The van der Waals surface area contributed by atoms with E-state index in [0.717, 1.165) is 30.5 Å². The highest BCUT2D eigenvalue weighted by Crippen LogP contribution is 2.63. The highest BCUT2D eigenvalue weighted by atomic mass is 16.3. The molecule has 5 unspecified atom stereocenters. The van der Waals surface area contributed by atoms with Crippen LogP contribution < -0.4 is 11.2 Å². The van der Waals surface area contributed by atoms with Crippen LogP contribution in [-0.4, -0.2) is 30.8 Å². The lowest BCUT2D eigenvalue weighted by Crippen LogP contribution is -2.40. The van der Waals surface area contributed by atoms with Gasteiger partial charge in [0.05, 0.1) is 0 Å². The summed E-state index contributed by atoms with van der Waals surface area (Å²) in [5.74, 6) is 4.38. The van der Waals surface area contributed by atoms with Crippen molar-refractivity contribution >= 4 is 11.2 Å². The molecule has 4 aliphatic rings. The number of nitrogens with one attached hydrogen (secondary N) is 1. The number of fused-ring (bicyclic) bond motifs is 1. The average Bonchev–Trinajstić information content (AvgIpc) is 3.30. The summed E-state index contributed by atoms with van der Waals surface area (Å²) in [6.07, 6.45) is 7.42. The van der Waals surface area contributed by atoms with Gasteiger partial charge in [0.25, 0.3) is 5.56 Å². The second-order valence-electron chi connectivity index (χ2n) is 9.16. The normalized spacial score (nSPS) is 30.7. The van der Waals surface area contributed by atoms with Gasteiger partial charge in [-0.3, -0.25) is 13.9 Å². The third-order valence-electron chi connectivity index (χ3n) is 7.53. The number of imidazole rings is 1. The van der Waals surface area contributed by atoms with Crippen LogP contribution in [0.4, 0.5) is 0 Å². The molecule has 152 valence electrons. The Hall–Kier alpha value is -1.89. The molecule has 2 aromatic rings. The van der Waals surface area contributed by atoms with Gasteiger partial charge in [0, 0.05) is 25.6 Å². The molecule has 0 amide bonds. The van der Waals surface area contributed by atoms with Gasteiger partial charge in [-0.25, -0.2) is 9.78 Å². The fourth-order valence-electron chi connectivity index (χ4n) is 6.45. The molecule has 0 radical (unpaired) electrons. The molecule has 2 heterocycles. The SMILES string of the molecule is CCCCn1c(=O)c2[nH]c(C3C4CC5CC(C4)C3C5)nc2n(CCCO)c1=O. The molecule has 0 aromatic carbocycles. The van der Waals surface area contributed by atoms with Crippen molar-refractivity contribution in [2.75, 3.05) is 6.61 Å². The summed E-state index contributed by atoms with van der Waals surface area (Å²) in [5, 5.41) is 9.26. The van der Waals surface area contributed by atoms with Gasteiger partial charge in [0.1, 0.15) is 11.3 Å². The topological polar surface area (TPSA) is 92.9 Å². The van der Waals surface area contributed by atoms with Crippen LogP contribution in [0.1, 0.15) is 63.6 Å². The quantitative estimate of drug-likeness (QED) is 0.763. The predicted octanol–water partition coefficient (Wildman–Crippen LogP) is 2.22. The molecule has 0 aliphatic heterocycles. The van der Waals surface area contributed by atoms with Crippen molar-refractivity contribution in [3.8, 4) is 0 Å². The summed E-state index contributed by atoms with van der Waals surface area (Å²) in [6, 6.07) is 0. The van der Waals surface area contributed by atoms with Gasteiger partial charge >= 0.3 is 5.69 Å². The highest BCUT2D eigenvalue weighted by Gasteiger charge is 2.55.